The third kappa shape index (κ3) is 4.04. The Hall–Kier alpha value is -2.88. The normalized spacial score (nSPS) is 15.1. The Bertz CT molecular complexity index is 1220. The van der Waals surface area contributed by atoms with Gasteiger partial charge in [0.05, 0.1) is 5.69 Å². The molecule has 0 atom stereocenters. The van der Waals surface area contributed by atoms with Gasteiger partial charge in [-0.25, -0.2) is 4.79 Å². The number of aromatic nitrogens is 2. The zero-order valence-electron chi connectivity index (χ0n) is 17.4. The lowest BCUT2D eigenvalue weighted by molar-refractivity contribution is 0.359. The summed E-state index contributed by atoms with van der Waals surface area (Å²) in [5.41, 5.74) is -1.50. The average Bonchev–Trinajstić information content (AvgIpc) is 2.64. The van der Waals surface area contributed by atoms with Crippen molar-refractivity contribution >= 4 is 21.5 Å². The third-order valence-corrected chi connectivity index (χ3v) is 6.08. The van der Waals surface area contributed by atoms with Crippen molar-refractivity contribution in [3.05, 3.63) is 50.7 Å². The van der Waals surface area contributed by atoms with Crippen LogP contribution in [0, 0.1) is 11.8 Å². The zero-order valence-corrected chi connectivity index (χ0v) is 18.2. The first kappa shape index (κ1) is 21.8. The number of anilines is 1. The largest absolute Gasteiger partial charge is 0.494 e. The van der Waals surface area contributed by atoms with E-state index in [1.807, 2.05) is 27.7 Å². The third-order valence-electron chi connectivity index (χ3n) is 4.74. The second kappa shape index (κ2) is 8.10. The summed E-state index contributed by atoms with van der Waals surface area (Å²) in [5, 5.41) is 13.6. The van der Waals surface area contributed by atoms with Crippen molar-refractivity contribution in [2.75, 3.05) is 5.32 Å². The van der Waals surface area contributed by atoms with Crippen molar-refractivity contribution in [2.45, 2.75) is 52.1 Å². The summed E-state index contributed by atoms with van der Waals surface area (Å²) in [6.07, 6.45) is 0.572. The molecular formula is C20H26N4O5S. The smallest absolute Gasteiger partial charge is 0.333 e. The van der Waals surface area contributed by atoms with E-state index in [1.54, 1.807) is 18.2 Å². The molecule has 0 unspecified atom stereocenters. The number of para-hydroxylation sites is 1. The van der Waals surface area contributed by atoms with Gasteiger partial charge in [-0.15, -0.1) is 4.40 Å². The van der Waals surface area contributed by atoms with Crippen LogP contribution in [0.5, 0.6) is 5.88 Å². The molecule has 0 aliphatic carbocycles. The first-order valence-corrected chi connectivity index (χ1v) is 11.2. The number of sulfonamides is 1. The fourth-order valence-electron chi connectivity index (χ4n) is 3.23. The minimum absolute atomic E-state index is 0.00298. The quantitative estimate of drug-likeness (QED) is 0.717. The minimum Gasteiger partial charge on any atom is -0.494 e. The van der Waals surface area contributed by atoms with Gasteiger partial charge >= 0.3 is 5.69 Å². The second-order valence-corrected chi connectivity index (χ2v) is 9.73. The van der Waals surface area contributed by atoms with E-state index in [0.717, 1.165) is 9.13 Å². The molecule has 0 spiro atoms. The molecule has 0 amide bonds. The van der Waals surface area contributed by atoms with Crippen LogP contribution < -0.4 is 16.6 Å². The van der Waals surface area contributed by atoms with Gasteiger partial charge in [-0.1, -0.05) is 39.8 Å². The summed E-state index contributed by atoms with van der Waals surface area (Å²) in [7, 11) is -4.08. The number of amidine groups is 1. The van der Waals surface area contributed by atoms with Crippen molar-refractivity contribution in [3.63, 3.8) is 0 Å². The molecule has 9 nitrogen and oxygen atoms in total. The Kier molecular flexibility index (Phi) is 5.89. The number of fused-ring (bicyclic) bond motifs is 1. The molecule has 2 N–H and O–H groups in total. The van der Waals surface area contributed by atoms with Gasteiger partial charge in [-0.05, 0) is 30.4 Å². The van der Waals surface area contributed by atoms with E-state index in [0.29, 0.717) is 6.42 Å². The maximum Gasteiger partial charge on any atom is 0.333 e. The average molecular weight is 435 g/mol. The number of aromatic hydroxyl groups is 1. The van der Waals surface area contributed by atoms with Gasteiger partial charge in [-0.2, -0.15) is 8.42 Å². The van der Waals surface area contributed by atoms with E-state index < -0.39 is 27.2 Å². The molecule has 3 rings (SSSR count). The van der Waals surface area contributed by atoms with Gasteiger partial charge in [-0.3, -0.25) is 13.9 Å². The maximum absolute atomic E-state index is 13.2. The zero-order chi connectivity index (χ0) is 22.2. The Morgan fingerprint density at radius 3 is 2.37 bits per heavy atom. The van der Waals surface area contributed by atoms with Gasteiger partial charge in [0.25, 0.3) is 15.6 Å². The standard InChI is InChI=1S/C20H26N4O5S/c1-12(2)9-10-23-18(25)16(19(26)24(20(23)27)11-13(3)4)17-21-14-7-5-6-8-15(14)30(28,29)22-17/h5-8,12-13,26H,9-11H2,1-4H3,(H,21,22). The Morgan fingerprint density at radius 1 is 1.07 bits per heavy atom. The molecule has 2 heterocycles. The van der Waals surface area contributed by atoms with Crippen molar-refractivity contribution in [1.29, 1.82) is 0 Å². The highest BCUT2D eigenvalue weighted by molar-refractivity contribution is 7.90. The van der Waals surface area contributed by atoms with Crippen molar-refractivity contribution in [1.82, 2.24) is 9.13 Å². The van der Waals surface area contributed by atoms with Crippen molar-refractivity contribution < 1.29 is 13.5 Å². The monoisotopic (exact) mass is 434 g/mol. The van der Waals surface area contributed by atoms with E-state index >= 15 is 0 Å². The van der Waals surface area contributed by atoms with Gasteiger partial charge in [0.1, 0.15) is 10.5 Å². The summed E-state index contributed by atoms with van der Waals surface area (Å²) >= 11 is 0. The highest BCUT2D eigenvalue weighted by atomic mass is 32.2. The summed E-state index contributed by atoms with van der Waals surface area (Å²) < 4.78 is 31.1. The summed E-state index contributed by atoms with van der Waals surface area (Å²) in [6.45, 7) is 7.98. The molecule has 1 aromatic heterocycles. The van der Waals surface area contributed by atoms with E-state index in [-0.39, 0.29) is 46.9 Å². The van der Waals surface area contributed by atoms with Gasteiger partial charge < -0.3 is 10.4 Å². The Labute approximate surface area is 174 Å². The number of nitrogens with zero attached hydrogens (tertiary/aromatic N) is 3. The van der Waals surface area contributed by atoms with Gasteiger partial charge in [0, 0.05) is 13.1 Å². The highest BCUT2D eigenvalue weighted by Gasteiger charge is 2.30. The van der Waals surface area contributed by atoms with Crippen molar-refractivity contribution in [3.8, 4) is 5.88 Å². The number of rotatable bonds is 6. The number of benzene rings is 1. The summed E-state index contributed by atoms with van der Waals surface area (Å²) in [6, 6.07) is 6.15. The molecule has 0 saturated carbocycles. The number of hydrogen-bond donors (Lipinski definition) is 2. The predicted molar refractivity (Wildman–Crippen MR) is 115 cm³/mol. The molecule has 0 bridgehead atoms. The SMILES string of the molecule is CC(C)CCn1c(=O)c(C2=NS(=O)(=O)c3ccccc3N2)c(O)n(CC(C)C)c1=O. The van der Waals surface area contributed by atoms with E-state index in [4.69, 9.17) is 0 Å². The molecule has 0 radical (unpaired) electrons. The van der Waals surface area contributed by atoms with Gasteiger partial charge in [0.2, 0.25) is 5.88 Å². The lowest BCUT2D eigenvalue weighted by Crippen LogP contribution is -2.44. The van der Waals surface area contributed by atoms with Crippen LogP contribution in [0.3, 0.4) is 0 Å². The molecule has 0 saturated heterocycles. The molecule has 30 heavy (non-hydrogen) atoms. The summed E-state index contributed by atoms with van der Waals surface area (Å²) in [4.78, 5) is 26.0. The fraction of sp³-hybridized carbons (Fsp3) is 0.450. The molecule has 10 heteroatoms. The van der Waals surface area contributed by atoms with Crippen LogP contribution in [-0.2, 0) is 23.1 Å². The maximum atomic E-state index is 13.2. The fourth-order valence-corrected chi connectivity index (χ4v) is 4.36. The minimum atomic E-state index is -4.08. The molecule has 162 valence electrons. The van der Waals surface area contributed by atoms with E-state index in [1.165, 1.54) is 6.07 Å². The van der Waals surface area contributed by atoms with Crippen LogP contribution in [0.25, 0.3) is 0 Å². The van der Waals surface area contributed by atoms with Crippen LogP contribution in [0.4, 0.5) is 5.69 Å². The Morgan fingerprint density at radius 2 is 1.73 bits per heavy atom. The van der Waals surface area contributed by atoms with Crippen molar-refractivity contribution in [2.24, 2.45) is 16.2 Å². The van der Waals surface area contributed by atoms with Gasteiger partial charge in [0.15, 0.2) is 5.84 Å². The van der Waals surface area contributed by atoms with Crippen LogP contribution in [-0.4, -0.2) is 28.5 Å². The lowest BCUT2D eigenvalue weighted by atomic mass is 10.1. The molecular weight excluding hydrogens is 408 g/mol. The molecule has 1 aromatic carbocycles. The molecule has 1 aliphatic heterocycles. The van der Waals surface area contributed by atoms with Crippen LogP contribution >= 0.6 is 0 Å². The molecule has 0 fully saturated rings. The summed E-state index contributed by atoms with van der Waals surface area (Å²) in [5.74, 6) is -0.653. The van der Waals surface area contributed by atoms with E-state index in [2.05, 4.69) is 9.71 Å². The lowest BCUT2D eigenvalue weighted by Gasteiger charge is -2.21. The van der Waals surface area contributed by atoms with Crippen LogP contribution in [0.15, 0.2) is 43.1 Å². The number of nitrogens with one attached hydrogen (secondary N) is 1. The topological polar surface area (TPSA) is 123 Å². The first-order chi connectivity index (χ1) is 14.0. The van der Waals surface area contributed by atoms with Crippen LogP contribution in [0.2, 0.25) is 0 Å². The first-order valence-electron chi connectivity index (χ1n) is 9.81. The Balaban J connectivity index is 2.27. The predicted octanol–water partition coefficient (Wildman–Crippen LogP) is 1.98. The molecule has 2 aromatic rings. The second-order valence-electron chi connectivity index (χ2n) is 8.16. The molecule has 1 aliphatic rings. The van der Waals surface area contributed by atoms with E-state index in [9.17, 15) is 23.1 Å². The highest BCUT2D eigenvalue weighted by Crippen LogP contribution is 2.29. The van der Waals surface area contributed by atoms with Crippen LogP contribution in [0.1, 0.15) is 39.7 Å². The number of hydrogen-bond acceptors (Lipinski definition) is 6.